The van der Waals surface area contributed by atoms with Crippen LogP contribution in [0, 0.1) is 0 Å². The van der Waals surface area contributed by atoms with E-state index in [0.717, 1.165) is 42.8 Å². The summed E-state index contributed by atoms with van der Waals surface area (Å²) in [5.74, 6) is 0. The average Bonchev–Trinajstić information content (AvgIpc) is 2.66. The van der Waals surface area contributed by atoms with Gasteiger partial charge >= 0.3 is 0 Å². The van der Waals surface area contributed by atoms with E-state index in [9.17, 15) is 0 Å². The first-order valence-corrected chi connectivity index (χ1v) is 6.31. The van der Waals surface area contributed by atoms with Gasteiger partial charge in [-0.1, -0.05) is 11.3 Å². The number of aromatic nitrogens is 2. The number of nitrogens with one attached hydrogen (secondary N) is 1. The minimum atomic E-state index is 0.809. The second kappa shape index (κ2) is 7.54. The van der Waals surface area contributed by atoms with Crippen molar-refractivity contribution in [1.29, 1.82) is 0 Å². The maximum Gasteiger partial charge on any atom is 0.205 e. The van der Waals surface area contributed by atoms with Gasteiger partial charge < -0.3 is 10.1 Å². The first-order chi connectivity index (χ1) is 7.76. The molecule has 0 amide bonds. The highest BCUT2D eigenvalue weighted by molar-refractivity contribution is 7.15. The maximum atomic E-state index is 5.02. The highest BCUT2D eigenvalue weighted by Gasteiger charge is 2.06. The number of ether oxygens (including phenoxy) is 1. The molecule has 1 heterocycles. The number of anilines is 1. The Morgan fingerprint density at radius 3 is 2.94 bits per heavy atom. The van der Waals surface area contributed by atoms with Gasteiger partial charge in [-0.05, 0) is 20.4 Å². The first-order valence-electron chi connectivity index (χ1n) is 5.50. The van der Waals surface area contributed by atoms with Crippen molar-refractivity contribution in [2.24, 2.45) is 0 Å². The second-order valence-electron chi connectivity index (χ2n) is 3.62. The van der Waals surface area contributed by atoms with Crippen molar-refractivity contribution in [2.75, 3.05) is 39.2 Å². The van der Waals surface area contributed by atoms with Gasteiger partial charge in [-0.2, -0.15) is 0 Å². The van der Waals surface area contributed by atoms with Gasteiger partial charge in [-0.3, -0.25) is 4.90 Å². The van der Waals surface area contributed by atoms with Crippen LogP contribution in [0.4, 0.5) is 5.13 Å². The molecule has 1 N–H and O–H groups in total. The molecule has 0 aliphatic heterocycles. The summed E-state index contributed by atoms with van der Waals surface area (Å²) >= 11 is 1.62. The van der Waals surface area contributed by atoms with Gasteiger partial charge in [-0.15, -0.1) is 10.2 Å². The molecule has 0 bridgehead atoms. The van der Waals surface area contributed by atoms with E-state index in [2.05, 4.69) is 34.4 Å². The molecule has 0 aliphatic rings. The average molecular weight is 244 g/mol. The largest absolute Gasteiger partial charge is 0.385 e. The summed E-state index contributed by atoms with van der Waals surface area (Å²) in [5, 5.41) is 13.3. The molecule has 16 heavy (non-hydrogen) atoms. The van der Waals surface area contributed by atoms with Crippen LogP contribution in [0.3, 0.4) is 0 Å². The molecule has 1 aromatic rings. The maximum absolute atomic E-state index is 5.02. The number of methoxy groups -OCH3 is 1. The SMILES string of the molecule is CCNc1nnc(CN(C)CCCOC)s1. The van der Waals surface area contributed by atoms with Gasteiger partial charge in [0, 0.05) is 26.8 Å². The van der Waals surface area contributed by atoms with Crippen molar-refractivity contribution in [3.05, 3.63) is 5.01 Å². The lowest BCUT2D eigenvalue weighted by atomic mass is 10.4. The molecule has 6 heteroatoms. The lowest BCUT2D eigenvalue weighted by Gasteiger charge is -2.13. The molecule has 0 aromatic carbocycles. The quantitative estimate of drug-likeness (QED) is 0.701. The van der Waals surface area contributed by atoms with Gasteiger partial charge in [0.15, 0.2) is 0 Å². The van der Waals surface area contributed by atoms with E-state index in [1.165, 1.54) is 0 Å². The van der Waals surface area contributed by atoms with Crippen molar-refractivity contribution in [3.8, 4) is 0 Å². The van der Waals surface area contributed by atoms with Crippen molar-refractivity contribution in [1.82, 2.24) is 15.1 Å². The van der Waals surface area contributed by atoms with Gasteiger partial charge in [-0.25, -0.2) is 0 Å². The van der Waals surface area contributed by atoms with Gasteiger partial charge in [0.05, 0.1) is 6.54 Å². The minimum Gasteiger partial charge on any atom is -0.385 e. The molecule has 1 aromatic heterocycles. The topological polar surface area (TPSA) is 50.3 Å². The van der Waals surface area contributed by atoms with Crippen molar-refractivity contribution in [2.45, 2.75) is 19.9 Å². The van der Waals surface area contributed by atoms with E-state index in [1.54, 1.807) is 18.4 Å². The van der Waals surface area contributed by atoms with Crippen molar-refractivity contribution >= 4 is 16.5 Å². The van der Waals surface area contributed by atoms with Crippen LogP contribution in [0.25, 0.3) is 0 Å². The van der Waals surface area contributed by atoms with Crippen molar-refractivity contribution < 1.29 is 4.74 Å². The monoisotopic (exact) mass is 244 g/mol. The Labute approximate surface area is 101 Å². The zero-order chi connectivity index (χ0) is 11.8. The van der Waals surface area contributed by atoms with Crippen LogP contribution in [0.1, 0.15) is 18.4 Å². The van der Waals surface area contributed by atoms with Crippen LogP contribution in [0.5, 0.6) is 0 Å². The van der Waals surface area contributed by atoms with E-state index < -0.39 is 0 Å². The molecule has 0 atom stereocenters. The molecule has 5 nitrogen and oxygen atoms in total. The summed E-state index contributed by atoms with van der Waals surface area (Å²) in [7, 11) is 3.82. The zero-order valence-electron chi connectivity index (χ0n) is 10.2. The van der Waals surface area contributed by atoms with E-state index >= 15 is 0 Å². The van der Waals surface area contributed by atoms with Crippen molar-refractivity contribution in [3.63, 3.8) is 0 Å². The van der Waals surface area contributed by atoms with Crippen LogP contribution in [0.15, 0.2) is 0 Å². The van der Waals surface area contributed by atoms with E-state index in [1.807, 2.05) is 0 Å². The standard InChI is InChI=1S/C10H20N4OS/c1-4-11-10-13-12-9(16-10)8-14(2)6-5-7-15-3/h4-8H2,1-3H3,(H,11,13). The molecule has 0 radical (unpaired) electrons. The normalized spacial score (nSPS) is 11.0. The van der Waals surface area contributed by atoms with Gasteiger partial charge in [0.2, 0.25) is 5.13 Å². The molecular weight excluding hydrogens is 224 g/mol. The Kier molecular flexibility index (Phi) is 6.29. The smallest absolute Gasteiger partial charge is 0.205 e. The zero-order valence-corrected chi connectivity index (χ0v) is 11.0. The van der Waals surface area contributed by atoms with E-state index in [4.69, 9.17) is 4.74 Å². The summed E-state index contributed by atoms with van der Waals surface area (Å²) in [6.45, 7) is 5.62. The molecule has 0 saturated heterocycles. The second-order valence-corrected chi connectivity index (χ2v) is 4.68. The van der Waals surface area contributed by atoms with Gasteiger partial charge in [0.25, 0.3) is 0 Å². The highest BCUT2D eigenvalue weighted by Crippen LogP contribution is 2.15. The summed E-state index contributed by atoms with van der Waals surface area (Å²) in [4.78, 5) is 2.23. The van der Waals surface area contributed by atoms with E-state index in [0.29, 0.717) is 0 Å². The van der Waals surface area contributed by atoms with Crippen LogP contribution in [0.2, 0.25) is 0 Å². The molecule has 0 aliphatic carbocycles. The molecule has 1 rings (SSSR count). The fourth-order valence-corrected chi connectivity index (χ4v) is 2.22. The Balaban J connectivity index is 2.28. The lowest BCUT2D eigenvalue weighted by molar-refractivity contribution is 0.178. The Bertz CT molecular complexity index is 292. The Morgan fingerprint density at radius 2 is 2.25 bits per heavy atom. The third kappa shape index (κ3) is 4.87. The Morgan fingerprint density at radius 1 is 1.44 bits per heavy atom. The van der Waals surface area contributed by atoms with Crippen LogP contribution >= 0.6 is 11.3 Å². The third-order valence-corrected chi connectivity index (χ3v) is 2.95. The number of hydrogen-bond acceptors (Lipinski definition) is 6. The lowest BCUT2D eigenvalue weighted by Crippen LogP contribution is -2.20. The molecule has 92 valence electrons. The predicted octanol–water partition coefficient (Wildman–Crippen LogP) is 1.44. The predicted molar refractivity (Wildman–Crippen MR) is 66.9 cm³/mol. The summed E-state index contributed by atoms with van der Waals surface area (Å²) in [5.41, 5.74) is 0. The summed E-state index contributed by atoms with van der Waals surface area (Å²) in [6.07, 6.45) is 1.05. The molecule has 0 fully saturated rings. The minimum absolute atomic E-state index is 0.809. The summed E-state index contributed by atoms with van der Waals surface area (Å²) in [6, 6.07) is 0. The fourth-order valence-electron chi connectivity index (χ4n) is 1.33. The number of nitrogens with zero attached hydrogens (tertiary/aromatic N) is 3. The molecular formula is C10H20N4OS. The van der Waals surface area contributed by atoms with Crippen LogP contribution < -0.4 is 5.32 Å². The third-order valence-electron chi connectivity index (χ3n) is 2.09. The van der Waals surface area contributed by atoms with Crippen LogP contribution in [-0.2, 0) is 11.3 Å². The summed E-state index contributed by atoms with van der Waals surface area (Å²) < 4.78 is 5.02. The number of hydrogen-bond donors (Lipinski definition) is 1. The fraction of sp³-hybridized carbons (Fsp3) is 0.800. The van der Waals surface area contributed by atoms with E-state index in [-0.39, 0.29) is 0 Å². The molecule has 0 unspecified atom stereocenters. The number of rotatable bonds is 8. The Hall–Kier alpha value is -0.720. The molecule has 0 spiro atoms. The van der Waals surface area contributed by atoms with Gasteiger partial charge in [0.1, 0.15) is 5.01 Å². The highest BCUT2D eigenvalue weighted by atomic mass is 32.1. The molecule has 0 saturated carbocycles. The first kappa shape index (κ1) is 13.3. The van der Waals surface area contributed by atoms with Crippen LogP contribution in [-0.4, -0.2) is 49.0 Å².